The summed E-state index contributed by atoms with van der Waals surface area (Å²) in [4.78, 5) is 9.04. The highest BCUT2D eigenvalue weighted by Gasteiger charge is 2.42. The van der Waals surface area contributed by atoms with Crippen molar-refractivity contribution in [3.63, 3.8) is 0 Å². The van der Waals surface area contributed by atoms with Gasteiger partial charge in [0.05, 0.1) is 56.4 Å². The molecular formula is C26H34N2O8. The number of pyridine rings is 2. The van der Waals surface area contributed by atoms with Gasteiger partial charge in [0.15, 0.2) is 5.79 Å². The summed E-state index contributed by atoms with van der Waals surface area (Å²) in [6.07, 6.45) is 3.65. The van der Waals surface area contributed by atoms with Crippen LogP contribution in [0.2, 0.25) is 0 Å². The number of hydrogen-bond donors (Lipinski definition) is 0. The average molecular weight is 503 g/mol. The molecule has 1 fully saturated rings. The number of aromatic nitrogens is 2. The van der Waals surface area contributed by atoms with Gasteiger partial charge in [0.1, 0.15) is 38.3 Å². The van der Waals surface area contributed by atoms with Crippen LogP contribution in [0.4, 0.5) is 0 Å². The Morgan fingerprint density at radius 2 is 1.17 bits per heavy atom. The summed E-state index contributed by atoms with van der Waals surface area (Å²) in [6, 6.07) is 0. The van der Waals surface area contributed by atoms with E-state index in [4.69, 9.17) is 37.9 Å². The zero-order valence-corrected chi connectivity index (χ0v) is 21.4. The van der Waals surface area contributed by atoms with Crippen molar-refractivity contribution in [2.75, 3.05) is 40.0 Å². The second kappa shape index (κ2) is 10.6. The summed E-state index contributed by atoms with van der Waals surface area (Å²) >= 11 is 0. The van der Waals surface area contributed by atoms with E-state index < -0.39 is 11.2 Å². The van der Waals surface area contributed by atoms with E-state index in [-0.39, 0.29) is 13.6 Å². The first-order valence-electron chi connectivity index (χ1n) is 12.1. The van der Waals surface area contributed by atoms with Crippen molar-refractivity contribution in [2.45, 2.75) is 59.9 Å². The molecule has 0 amide bonds. The highest BCUT2D eigenvalue weighted by Crippen LogP contribution is 2.36. The molecule has 3 aliphatic heterocycles. The molecule has 36 heavy (non-hydrogen) atoms. The largest absolute Gasteiger partial charge is 0.490 e. The molecule has 0 bridgehead atoms. The van der Waals surface area contributed by atoms with Crippen molar-refractivity contribution in [3.8, 4) is 11.5 Å². The molecule has 0 atom stereocenters. The molecule has 10 heteroatoms. The van der Waals surface area contributed by atoms with Crippen molar-refractivity contribution >= 4 is 0 Å². The van der Waals surface area contributed by atoms with Crippen molar-refractivity contribution < 1.29 is 37.9 Å². The maximum atomic E-state index is 6.45. The van der Waals surface area contributed by atoms with Gasteiger partial charge in [0.2, 0.25) is 0 Å². The van der Waals surface area contributed by atoms with Gasteiger partial charge in [-0.1, -0.05) is 0 Å². The first kappa shape index (κ1) is 25.3. The van der Waals surface area contributed by atoms with E-state index in [1.54, 1.807) is 0 Å². The van der Waals surface area contributed by atoms with Gasteiger partial charge in [-0.25, -0.2) is 0 Å². The summed E-state index contributed by atoms with van der Waals surface area (Å²) in [6.45, 7) is 11.3. The zero-order valence-electron chi connectivity index (χ0n) is 21.4. The fourth-order valence-corrected chi connectivity index (χ4v) is 4.40. The van der Waals surface area contributed by atoms with Crippen LogP contribution in [0.5, 0.6) is 11.5 Å². The monoisotopic (exact) mass is 502 g/mol. The first-order valence-corrected chi connectivity index (χ1v) is 12.1. The van der Waals surface area contributed by atoms with Gasteiger partial charge in [0.25, 0.3) is 0 Å². The molecular weight excluding hydrogens is 468 g/mol. The zero-order chi connectivity index (χ0) is 25.2. The molecule has 0 aromatic carbocycles. The number of aryl methyl sites for hydroxylation is 2. The first-order chi connectivity index (χ1) is 17.4. The highest BCUT2D eigenvalue weighted by atomic mass is 16.7. The summed E-state index contributed by atoms with van der Waals surface area (Å²) in [5.41, 5.74) is 4.86. The van der Waals surface area contributed by atoms with E-state index in [1.165, 1.54) is 0 Å². The number of nitrogens with zero attached hydrogens (tertiary/aromatic N) is 2. The fraction of sp³-hybridized carbons (Fsp3) is 0.615. The van der Waals surface area contributed by atoms with E-state index in [0.29, 0.717) is 64.4 Å². The summed E-state index contributed by atoms with van der Waals surface area (Å²) in [5.74, 6) is 0.737. The molecule has 0 spiro atoms. The van der Waals surface area contributed by atoms with E-state index in [1.807, 2.05) is 40.1 Å². The van der Waals surface area contributed by atoms with Gasteiger partial charge >= 0.3 is 0 Å². The van der Waals surface area contributed by atoms with Gasteiger partial charge in [-0.05, 0) is 27.7 Å². The van der Waals surface area contributed by atoms with Crippen LogP contribution in [0.1, 0.15) is 47.5 Å². The predicted molar refractivity (Wildman–Crippen MR) is 126 cm³/mol. The van der Waals surface area contributed by atoms with E-state index in [9.17, 15) is 0 Å². The van der Waals surface area contributed by atoms with E-state index in [0.717, 1.165) is 33.6 Å². The minimum absolute atomic E-state index is 0.241. The molecule has 0 radical (unpaired) electrons. The minimum atomic E-state index is -0.678. The third-order valence-electron chi connectivity index (χ3n) is 6.65. The number of rotatable bonds is 6. The molecule has 5 heterocycles. The van der Waals surface area contributed by atoms with Crippen molar-refractivity contribution in [3.05, 3.63) is 46.0 Å². The summed E-state index contributed by atoms with van der Waals surface area (Å²) < 4.78 is 47.3. The van der Waals surface area contributed by atoms with Crippen molar-refractivity contribution in [1.82, 2.24) is 9.97 Å². The lowest BCUT2D eigenvalue weighted by molar-refractivity contribution is -0.292. The standard InChI is InChI=1S/C26H34N2O8/c1-17-23(21-9-31-15-29-7-19(21)5-27-17)33-11-26(13-35-25(3,4)36-14-26)12-34-24-18(2)28-6-20-8-30-16-32-10-22(20)24/h5-6H,7-16H2,1-4H3. The predicted octanol–water partition coefficient (Wildman–Crippen LogP) is 3.33. The van der Waals surface area contributed by atoms with Crippen LogP contribution in [0.3, 0.4) is 0 Å². The Kier molecular flexibility index (Phi) is 7.43. The maximum Gasteiger partial charge on any atom is 0.162 e. The van der Waals surface area contributed by atoms with Crippen LogP contribution in [-0.4, -0.2) is 55.8 Å². The van der Waals surface area contributed by atoms with Crippen LogP contribution in [-0.2, 0) is 54.8 Å². The van der Waals surface area contributed by atoms with Crippen molar-refractivity contribution in [1.29, 1.82) is 0 Å². The lowest BCUT2D eigenvalue weighted by Crippen LogP contribution is -2.52. The van der Waals surface area contributed by atoms with Gasteiger partial charge in [0, 0.05) is 34.6 Å². The number of ether oxygens (including phenoxy) is 8. The second-order valence-electron chi connectivity index (χ2n) is 10.0. The van der Waals surface area contributed by atoms with Crippen LogP contribution in [0.15, 0.2) is 12.4 Å². The molecule has 1 saturated heterocycles. The van der Waals surface area contributed by atoms with Gasteiger partial charge in [-0.3, -0.25) is 9.97 Å². The Labute approximate surface area is 211 Å². The lowest BCUT2D eigenvalue weighted by Gasteiger charge is -2.43. The smallest absolute Gasteiger partial charge is 0.162 e. The minimum Gasteiger partial charge on any atom is -0.490 e. The van der Waals surface area contributed by atoms with Crippen LogP contribution in [0, 0.1) is 19.3 Å². The van der Waals surface area contributed by atoms with Crippen LogP contribution < -0.4 is 9.47 Å². The topological polar surface area (TPSA) is 99.6 Å². The van der Waals surface area contributed by atoms with Gasteiger partial charge in [-0.2, -0.15) is 0 Å². The molecule has 2 aromatic rings. The third kappa shape index (κ3) is 5.49. The maximum absolute atomic E-state index is 6.45. The average Bonchev–Trinajstić information content (AvgIpc) is 3.25. The Morgan fingerprint density at radius 3 is 1.64 bits per heavy atom. The summed E-state index contributed by atoms with van der Waals surface area (Å²) in [5, 5.41) is 0. The molecule has 0 unspecified atom stereocenters. The quantitative estimate of drug-likeness (QED) is 0.585. The van der Waals surface area contributed by atoms with Crippen LogP contribution >= 0.6 is 0 Å². The van der Waals surface area contributed by atoms with Crippen molar-refractivity contribution in [2.24, 2.45) is 5.41 Å². The highest BCUT2D eigenvalue weighted by molar-refractivity contribution is 5.42. The molecule has 5 rings (SSSR count). The van der Waals surface area contributed by atoms with Gasteiger partial charge < -0.3 is 37.9 Å². The van der Waals surface area contributed by atoms with E-state index >= 15 is 0 Å². The molecule has 196 valence electrons. The molecule has 2 aromatic heterocycles. The molecule has 0 aliphatic carbocycles. The third-order valence-corrected chi connectivity index (χ3v) is 6.65. The normalized spacial score (nSPS) is 21.0. The second-order valence-corrected chi connectivity index (χ2v) is 10.0. The van der Waals surface area contributed by atoms with Crippen LogP contribution in [0.25, 0.3) is 0 Å². The van der Waals surface area contributed by atoms with Gasteiger partial charge in [-0.15, -0.1) is 0 Å². The van der Waals surface area contributed by atoms with E-state index in [2.05, 4.69) is 9.97 Å². The lowest BCUT2D eigenvalue weighted by atomic mass is 9.90. The molecule has 10 nitrogen and oxygen atoms in total. The summed E-state index contributed by atoms with van der Waals surface area (Å²) in [7, 11) is 0. The number of hydrogen-bond acceptors (Lipinski definition) is 10. The Bertz CT molecular complexity index is 1010. The fourth-order valence-electron chi connectivity index (χ4n) is 4.40. The molecule has 0 N–H and O–H groups in total. The number of fused-ring (bicyclic) bond motifs is 2. The molecule has 3 aliphatic rings. The SMILES string of the molecule is Cc1ncc2c(c1OCC1(COc3c(C)ncc4c3COCOC4)COC(C)(C)OC1)COCOC2. The Balaban J connectivity index is 1.39. The Hall–Kier alpha value is -2.34. The Morgan fingerprint density at radius 1 is 0.722 bits per heavy atom. The molecule has 0 saturated carbocycles.